The molecule has 20 heavy (non-hydrogen) atoms. The smallest absolute Gasteiger partial charge is 0.131 e. The molecular weight excluding hydrogens is 277 g/mol. The van der Waals surface area contributed by atoms with Crippen LogP contribution in [0.15, 0.2) is 36.4 Å². The Balaban J connectivity index is 2.11. The summed E-state index contributed by atoms with van der Waals surface area (Å²) in [7, 11) is 0. The third-order valence-electron chi connectivity index (χ3n) is 3.12. The molecule has 2 rings (SSSR count). The van der Waals surface area contributed by atoms with Crippen LogP contribution in [0.2, 0.25) is 5.02 Å². The summed E-state index contributed by atoms with van der Waals surface area (Å²) in [5.74, 6) is 0.367. The van der Waals surface area contributed by atoms with E-state index in [9.17, 15) is 4.39 Å². The number of rotatable bonds is 4. The largest absolute Gasteiger partial charge is 0.489 e. The van der Waals surface area contributed by atoms with Gasteiger partial charge >= 0.3 is 0 Å². The number of benzene rings is 2. The summed E-state index contributed by atoms with van der Waals surface area (Å²) in [5, 5.41) is 0.378. The van der Waals surface area contributed by atoms with E-state index in [1.165, 1.54) is 6.07 Å². The Morgan fingerprint density at radius 3 is 2.60 bits per heavy atom. The molecule has 2 N–H and O–H groups in total. The molecule has 0 spiro atoms. The molecule has 0 fully saturated rings. The van der Waals surface area contributed by atoms with Gasteiger partial charge in [0, 0.05) is 16.6 Å². The summed E-state index contributed by atoms with van der Waals surface area (Å²) in [6.45, 7) is 4.04. The highest BCUT2D eigenvalue weighted by Crippen LogP contribution is 2.23. The first-order valence-electron chi connectivity index (χ1n) is 6.40. The van der Waals surface area contributed by atoms with E-state index in [1.54, 1.807) is 12.1 Å². The molecule has 0 unspecified atom stereocenters. The highest BCUT2D eigenvalue weighted by molar-refractivity contribution is 6.30. The van der Waals surface area contributed by atoms with Gasteiger partial charge in [-0.2, -0.15) is 0 Å². The first kappa shape index (κ1) is 14.8. The molecule has 0 saturated carbocycles. The van der Waals surface area contributed by atoms with Crippen molar-refractivity contribution in [3.8, 4) is 5.75 Å². The van der Waals surface area contributed by atoms with Gasteiger partial charge in [-0.15, -0.1) is 0 Å². The zero-order chi connectivity index (χ0) is 14.7. The number of hydrogen-bond acceptors (Lipinski definition) is 2. The Hall–Kier alpha value is -1.58. The summed E-state index contributed by atoms with van der Waals surface area (Å²) in [6, 6.07) is 10.3. The predicted octanol–water partition coefficient (Wildman–Crippen LogP) is 4.39. The van der Waals surface area contributed by atoms with Crippen LogP contribution >= 0.6 is 11.6 Å². The molecule has 2 aromatic carbocycles. The molecule has 0 saturated heterocycles. The van der Waals surface area contributed by atoms with Gasteiger partial charge in [0.25, 0.3) is 0 Å². The lowest BCUT2D eigenvalue weighted by atomic mass is 10.1. The summed E-state index contributed by atoms with van der Waals surface area (Å²) < 4.78 is 19.3. The summed E-state index contributed by atoms with van der Waals surface area (Å²) in [6.07, 6.45) is 0. The van der Waals surface area contributed by atoms with Crippen molar-refractivity contribution in [2.24, 2.45) is 5.73 Å². The van der Waals surface area contributed by atoms with E-state index in [1.807, 2.05) is 32.0 Å². The molecule has 0 aliphatic carbocycles. The zero-order valence-electron chi connectivity index (χ0n) is 11.5. The highest BCUT2D eigenvalue weighted by atomic mass is 35.5. The maximum atomic E-state index is 13.6. The van der Waals surface area contributed by atoms with Crippen LogP contribution in [-0.2, 0) is 6.61 Å². The Morgan fingerprint density at radius 2 is 2.00 bits per heavy atom. The van der Waals surface area contributed by atoms with Crippen LogP contribution in [-0.4, -0.2) is 0 Å². The van der Waals surface area contributed by atoms with Crippen molar-refractivity contribution in [1.82, 2.24) is 0 Å². The minimum atomic E-state index is -0.359. The molecule has 1 atom stereocenters. The molecule has 0 aliphatic rings. The quantitative estimate of drug-likeness (QED) is 0.907. The number of hydrogen-bond donors (Lipinski definition) is 1. The first-order valence-corrected chi connectivity index (χ1v) is 6.78. The molecule has 4 heteroatoms. The molecule has 0 heterocycles. The van der Waals surface area contributed by atoms with E-state index >= 15 is 0 Å². The van der Waals surface area contributed by atoms with Crippen molar-refractivity contribution in [2.75, 3.05) is 0 Å². The fourth-order valence-corrected chi connectivity index (χ4v) is 2.07. The monoisotopic (exact) mass is 293 g/mol. The van der Waals surface area contributed by atoms with Crippen LogP contribution in [0.4, 0.5) is 4.39 Å². The van der Waals surface area contributed by atoms with Crippen molar-refractivity contribution >= 4 is 11.6 Å². The van der Waals surface area contributed by atoms with Crippen molar-refractivity contribution in [3.63, 3.8) is 0 Å². The Morgan fingerprint density at radius 1 is 1.25 bits per heavy atom. The third kappa shape index (κ3) is 3.50. The van der Waals surface area contributed by atoms with E-state index in [0.29, 0.717) is 10.6 Å². The van der Waals surface area contributed by atoms with E-state index in [-0.39, 0.29) is 18.5 Å². The number of halogens is 2. The van der Waals surface area contributed by atoms with Crippen LogP contribution in [0.25, 0.3) is 0 Å². The number of aryl methyl sites for hydroxylation is 1. The highest BCUT2D eigenvalue weighted by Gasteiger charge is 2.07. The molecular formula is C16H17ClFNO. The van der Waals surface area contributed by atoms with E-state index < -0.39 is 0 Å². The van der Waals surface area contributed by atoms with Gasteiger partial charge < -0.3 is 10.5 Å². The maximum Gasteiger partial charge on any atom is 0.131 e. The second-order valence-corrected chi connectivity index (χ2v) is 5.27. The fraction of sp³-hybridized carbons (Fsp3) is 0.250. The average Bonchev–Trinajstić information content (AvgIpc) is 2.38. The Kier molecular flexibility index (Phi) is 4.63. The lowest BCUT2D eigenvalue weighted by Crippen LogP contribution is -2.06. The van der Waals surface area contributed by atoms with Crippen molar-refractivity contribution < 1.29 is 9.13 Å². The topological polar surface area (TPSA) is 35.2 Å². The first-order chi connectivity index (χ1) is 9.47. The van der Waals surface area contributed by atoms with E-state index in [0.717, 1.165) is 16.9 Å². The molecule has 0 aliphatic heterocycles. The minimum Gasteiger partial charge on any atom is -0.489 e. The number of nitrogens with two attached hydrogens (primary N) is 1. The Labute approximate surface area is 123 Å². The molecule has 106 valence electrons. The van der Waals surface area contributed by atoms with Gasteiger partial charge in [-0.05, 0) is 43.2 Å². The van der Waals surface area contributed by atoms with Crippen LogP contribution in [0.3, 0.4) is 0 Å². The third-order valence-corrected chi connectivity index (χ3v) is 3.36. The molecule has 0 amide bonds. The summed E-state index contributed by atoms with van der Waals surface area (Å²) >= 11 is 5.71. The SMILES string of the molecule is Cc1cc([C@H](C)N)ccc1OCc1ccc(Cl)cc1F. The standard InChI is InChI=1S/C16H17ClFNO/c1-10-7-12(11(2)19)4-6-16(10)20-9-13-3-5-14(17)8-15(13)18/h3-8,11H,9,19H2,1-2H3/t11-/m0/s1. The van der Waals surface area contributed by atoms with Crippen LogP contribution in [0, 0.1) is 12.7 Å². The van der Waals surface area contributed by atoms with Gasteiger partial charge in [0.05, 0.1) is 0 Å². The second-order valence-electron chi connectivity index (χ2n) is 4.84. The molecule has 0 aromatic heterocycles. The van der Waals surface area contributed by atoms with Crippen molar-refractivity contribution in [1.29, 1.82) is 0 Å². The molecule has 0 radical (unpaired) electrons. The summed E-state index contributed by atoms with van der Waals surface area (Å²) in [5.41, 5.74) is 8.34. The second kappa shape index (κ2) is 6.25. The lowest BCUT2D eigenvalue weighted by Gasteiger charge is -2.12. The molecule has 2 nitrogen and oxygen atoms in total. The minimum absolute atomic E-state index is 0.0172. The van der Waals surface area contributed by atoms with Gasteiger partial charge in [-0.3, -0.25) is 0 Å². The van der Waals surface area contributed by atoms with Gasteiger partial charge in [-0.1, -0.05) is 29.8 Å². The van der Waals surface area contributed by atoms with E-state index in [4.69, 9.17) is 22.1 Å². The summed E-state index contributed by atoms with van der Waals surface area (Å²) in [4.78, 5) is 0. The van der Waals surface area contributed by atoms with Gasteiger partial charge in [0.1, 0.15) is 18.2 Å². The fourth-order valence-electron chi connectivity index (χ4n) is 1.91. The van der Waals surface area contributed by atoms with Crippen molar-refractivity contribution in [2.45, 2.75) is 26.5 Å². The zero-order valence-corrected chi connectivity index (χ0v) is 12.2. The van der Waals surface area contributed by atoms with Crippen LogP contribution in [0.5, 0.6) is 5.75 Å². The van der Waals surface area contributed by atoms with Gasteiger partial charge in [0.2, 0.25) is 0 Å². The number of ether oxygens (including phenoxy) is 1. The van der Waals surface area contributed by atoms with Gasteiger partial charge in [0.15, 0.2) is 0 Å². The molecule has 0 bridgehead atoms. The van der Waals surface area contributed by atoms with Crippen LogP contribution < -0.4 is 10.5 Å². The van der Waals surface area contributed by atoms with E-state index in [2.05, 4.69) is 0 Å². The Bertz CT molecular complexity index is 613. The normalized spacial score (nSPS) is 12.2. The lowest BCUT2D eigenvalue weighted by molar-refractivity contribution is 0.297. The molecule has 2 aromatic rings. The average molecular weight is 294 g/mol. The predicted molar refractivity (Wildman–Crippen MR) is 79.5 cm³/mol. The van der Waals surface area contributed by atoms with Crippen LogP contribution in [0.1, 0.15) is 29.7 Å². The van der Waals surface area contributed by atoms with Gasteiger partial charge in [-0.25, -0.2) is 4.39 Å². The van der Waals surface area contributed by atoms with Crippen molar-refractivity contribution in [3.05, 3.63) is 63.9 Å². The maximum absolute atomic E-state index is 13.6.